The van der Waals surface area contributed by atoms with Crippen LogP contribution < -0.4 is 10.6 Å². The molecule has 0 spiro atoms. The minimum atomic E-state index is -0.338. The first-order valence-corrected chi connectivity index (χ1v) is 10.2. The lowest BCUT2D eigenvalue weighted by Gasteiger charge is -2.12. The summed E-state index contributed by atoms with van der Waals surface area (Å²) >= 11 is 12.6. The molecule has 7 heteroatoms. The Hall–Kier alpha value is -3.41. The number of nitrogens with one attached hydrogen (secondary N) is 2. The lowest BCUT2D eigenvalue weighted by molar-refractivity contribution is -0.114. The number of halogens is 2. The normalized spacial score (nSPS) is 10.7. The van der Waals surface area contributed by atoms with Crippen molar-refractivity contribution >= 4 is 57.2 Å². The molecule has 0 radical (unpaired) electrons. The number of carbonyl (C=O) groups excluding carboxylic acids is 2. The standard InChI is InChI=1S/C24H17Cl2N3O2/c1-14(30)28-22-9-6-16(12-21(22)26)24(31)29-17-7-8-20(25)19(13-17)23-18-5-3-2-4-15(18)10-11-27-23/h2-13H,1H3,(H,28,30)(H,29,31). The fourth-order valence-corrected chi connectivity index (χ4v) is 3.70. The van der Waals surface area contributed by atoms with Gasteiger partial charge in [-0.1, -0.05) is 47.5 Å². The Morgan fingerprint density at radius 3 is 2.45 bits per heavy atom. The smallest absolute Gasteiger partial charge is 0.255 e. The van der Waals surface area contributed by atoms with E-state index in [4.69, 9.17) is 23.2 Å². The summed E-state index contributed by atoms with van der Waals surface area (Å²) in [7, 11) is 0. The van der Waals surface area contributed by atoms with Crippen LogP contribution in [0.25, 0.3) is 22.0 Å². The fraction of sp³-hybridized carbons (Fsp3) is 0.0417. The van der Waals surface area contributed by atoms with E-state index >= 15 is 0 Å². The molecule has 5 nitrogen and oxygen atoms in total. The van der Waals surface area contributed by atoms with Gasteiger partial charge in [0.25, 0.3) is 5.91 Å². The lowest BCUT2D eigenvalue weighted by Crippen LogP contribution is -2.13. The van der Waals surface area contributed by atoms with Crippen LogP contribution in [0.15, 0.2) is 72.9 Å². The third kappa shape index (κ3) is 4.53. The molecular weight excluding hydrogens is 433 g/mol. The molecule has 2 N–H and O–H groups in total. The van der Waals surface area contributed by atoms with Gasteiger partial charge in [-0.2, -0.15) is 0 Å². The molecule has 2 amide bonds. The predicted molar refractivity (Wildman–Crippen MR) is 126 cm³/mol. The summed E-state index contributed by atoms with van der Waals surface area (Å²) < 4.78 is 0. The second-order valence-corrected chi connectivity index (χ2v) is 7.72. The van der Waals surface area contributed by atoms with E-state index in [0.29, 0.717) is 22.0 Å². The molecule has 0 bridgehead atoms. The van der Waals surface area contributed by atoms with Crippen LogP contribution >= 0.6 is 23.2 Å². The second-order valence-electron chi connectivity index (χ2n) is 6.91. The average Bonchev–Trinajstić information content (AvgIpc) is 2.76. The van der Waals surface area contributed by atoms with Gasteiger partial charge in [0.05, 0.1) is 21.4 Å². The van der Waals surface area contributed by atoms with E-state index in [2.05, 4.69) is 15.6 Å². The molecular formula is C24H17Cl2N3O2. The molecule has 0 saturated carbocycles. The van der Waals surface area contributed by atoms with Crippen molar-refractivity contribution in [3.8, 4) is 11.3 Å². The van der Waals surface area contributed by atoms with Gasteiger partial charge in [-0.15, -0.1) is 0 Å². The molecule has 0 atom stereocenters. The third-order valence-electron chi connectivity index (χ3n) is 4.69. The Balaban J connectivity index is 1.64. The maximum Gasteiger partial charge on any atom is 0.255 e. The number of hydrogen-bond acceptors (Lipinski definition) is 3. The van der Waals surface area contributed by atoms with E-state index < -0.39 is 0 Å². The molecule has 1 heterocycles. The highest BCUT2D eigenvalue weighted by molar-refractivity contribution is 6.34. The summed E-state index contributed by atoms with van der Waals surface area (Å²) in [5.41, 5.74) is 2.83. The number of rotatable bonds is 4. The first kappa shape index (κ1) is 20.8. The van der Waals surface area contributed by atoms with E-state index in [-0.39, 0.29) is 16.8 Å². The zero-order valence-electron chi connectivity index (χ0n) is 16.4. The summed E-state index contributed by atoms with van der Waals surface area (Å²) in [6.45, 7) is 1.39. The Bertz CT molecular complexity index is 1320. The van der Waals surface area contributed by atoms with Crippen molar-refractivity contribution in [2.24, 2.45) is 0 Å². The third-order valence-corrected chi connectivity index (χ3v) is 5.34. The fourth-order valence-electron chi connectivity index (χ4n) is 3.27. The number of fused-ring (bicyclic) bond motifs is 1. The summed E-state index contributed by atoms with van der Waals surface area (Å²) in [4.78, 5) is 28.5. The molecule has 0 fully saturated rings. The highest BCUT2D eigenvalue weighted by atomic mass is 35.5. The second kappa shape index (κ2) is 8.76. The first-order chi connectivity index (χ1) is 14.9. The molecule has 1 aromatic heterocycles. The molecule has 3 aromatic carbocycles. The first-order valence-electron chi connectivity index (χ1n) is 9.44. The highest BCUT2D eigenvalue weighted by Crippen LogP contribution is 2.34. The van der Waals surface area contributed by atoms with Gasteiger partial charge in [0.2, 0.25) is 5.91 Å². The topological polar surface area (TPSA) is 71.1 Å². The molecule has 0 saturated heterocycles. The van der Waals surface area contributed by atoms with E-state index in [1.807, 2.05) is 30.3 Å². The van der Waals surface area contributed by atoms with E-state index in [1.54, 1.807) is 36.5 Å². The minimum absolute atomic E-state index is 0.241. The lowest BCUT2D eigenvalue weighted by atomic mass is 10.0. The maximum absolute atomic E-state index is 12.7. The number of pyridine rings is 1. The molecule has 4 aromatic rings. The molecule has 31 heavy (non-hydrogen) atoms. The zero-order chi connectivity index (χ0) is 22.0. The van der Waals surface area contributed by atoms with Gasteiger partial charge in [0.1, 0.15) is 0 Å². The van der Waals surface area contributed by atoms with Crippen LogP contribution in [0.3, 0.4) is 0 Å². The van der Waals surface area contributed by atoms with Gasteiger partial charge in [0, 0.05) is 35.3 Å². The van der Waals surface area contributed by atoms with E-state index in [1.165, 1.54) is 13.0 Å². The van der Waals surface area contributed by atoms with Crippen LogP contribution in [-0.4, -0.2) is 16.8 Å². The summed E-state index contributed by atoms with van der Waals surface area (Å²) in [6, 6.07) is 19.8. The number of hydrogen-bond donors (Lipinski definition) is 2. The van der Waals surface area contributed by atoms with Crippen LogP contribution in [0, 0.1) is 0 Å². The molecule has 0 unspecified atom stereocenters. The van der Waals surface area contributed by atoms with Crippen molar-refractivity contribution in [1.29, 1.82) is 0 Å². The van der Waals surface area contributed by atoms with Gasteiger partial charge in [-0.05, 0) is 47.9 Å². The van der Waals surface area contributed by atoms with Crippen molar-refractivity contribution in [1.82, 2.24) is 4.98 Å². The Morgan fingerprint density at radius 1 is 0.871 bits per heavy atom. The van der Waals surface area contributed by atoms with Crippen LogP contribution in [0.4, 0.5) is 11.4 Å². The zero-order valence-corrected chi connectivity index (χ0v) is 18.0. The van der Waals surface area contributed by atoms with Crippen LogP contribution in [0.1, 0.15) is 17.3 Å². The average molecular weight is 450 g/mol. The molecule has 0 aliphatic carbocycles. The molecule has 0 aliphatic rings. The van der Waals surface area contributed by atoms with Crippen LogP contribution in [-0.2, 0) is 4.79 Å². The Kier molecular flexibility index (Phi) is 5.89. The number of amides is 2. The Labute approximate surface area is 189 Å². The Morgan fingerprint density at radius 2 is 1.68 bits per heavy atom. The van der Waals surface area contributed by atoms with Crippen LogP contribution in [0.2, 0.25) is 10.0 Å². The van der Waals surface area contributed by atoms with Gasteiger partial charge >= 0.3 is 0 Å². The summed E-state index contributed by atoms with van der Waals surface area (Å²) in [6.07, 6.45) is 1.73. The summed E-state index contributed by atoms with van der Waals surface area (Å²) in [5, 5.41) is 8.30. The van der Waals surface area contributed by atoms with Gasteiger partial charge in [-0.3, -0.25) is 14.6 Å². The van der Waals surface area contributed by atoms with Crippen molar-refractivity contribution in [2.45, 2.75) is 6.92 Å². The van der Waals surface area contributed by atoms with Crippen molar-refractivity contribution in [2.75, 3.05) is 10.6 Å². The van der Waals surface area contributed by atoms with Crippen molar-refractivity contribution in [3.05, 3.63) is 88.5 Å². The van der Waals surface area contributed by atoms with Gasteiger partial charge < -0.3 is 10.6 Å². The predicted octanol–water partition coefficient (Wildman–Crippen LogP) is 6.42. The number of nitrogens with zero attached hydrogens (tertiary/aromatic N) is 1. The van der Waals surface area contributed by atoms with Gasteiger partial charge in [0.15, 0.2) is 0 Å². The molecule has 4 rings (SSSR count). The monoisotopic (exact) mass is 449 g/mol. The number of anilines is 2. The van der Waals surface area contributed by atoms with Crippen molar-refractivity contribution in [3.63, 3.8) is 0 Å². The van der Waals surface area contributed by atoms with E-state index in [0.717, 1.165) is 22.0 Å². The van der Waals surface area contributed by atoms with Crippen molar-refractivity contribution < 1.29 is 9.59 Å². The van der Waals surface area contributed by atoms with E-state index in [9.17, 15) is 9.59 Å². The quantitative estimate of drug-likeness (QED) is 0.377. The SMILES string of the molecule is CC(=O)Nc1ccc(C(=O)Nc2ccc(Cl)c(-c3nccc4ccccc34)c2)cc1Cl. The minimum Gasteiger partial charge on any atom is -0.325 e. The maximum atomic E-state index is 12.7. The number of aromatic nitrogens is 1. The van der Waals surface area contributed by atoms with Crippen LogP contribution in [0.5, 0.6) is 0 Å². The number of carbonyl (C=O) groups is 2. The molecule has 154 valence electrons. The van der Waals surface area contributed by atoms with Gasteiger partial charge in [-0.25, -0.2) is 0 Å². The summed E-state index contributed by atoms with van der Waals surface area (Å²) in [5.74, 6) is -0.578. The molecule has 0 aliphatic heterocycles. The number of benzene rings is 3. The highest BCUT2D eigenvalue weighted by Gasteiger charge is 2.13. The largest absolute Gasteiger partial charge is 0.325 e.